The molecular weight excluding hydrogens is 550 g/mol. The van der Waals surface area contributed by atoms with Crippen molar-refractivity contribution in [2.45, 2.75) is 108 Å². The first kappa shape index (κ1) is 35.3. The third kappa shape index (κ3) is 9.59. The number of nitrogens with two attached hydrogens (primary N) is 3. The average Bonchev–Trinajstić information content (AvgIpc) is 3.53. The van der Waals surface area contributed by atoms with E-state index in [9.17, 15) is 39.3 Å². The van der Waals surface area contributed by atoms with Gasteiger partial charge < -0.3 is 53.0 Å². The Morgan fingerprint density at radius 3 is 1.86 bits per heavy atom. The van der Waals surface area contributed by atoms with Crippen molar-refractivity contribution < 1.29 is 39.3 Å². The Labute approximate surface area is 246 Å². The zero-order chi connectivity index (χ0) is 31.6. The van der Waals surface area contributed by atoms with Gasteiger partial charge in [0.1, 0.15) is 24.2 Å². The molecule has 0 radical (unpaired) electrons. The zero-order valence-corrected chi connectivity index (χ0v) is 24.6. The molecule has 42 heavy (non-hydrogen) atoms. The van der Waals surface area contributed by atoms with Crippen LogP contribution in [0.3, 0.4) is 0 Å². The van der Waals surface area contributed by atoms with Crippen molar-refractivity contribution in [1.29, 1.82) is 0 Å². The molecule has 15 heteroatoms. The van der Waals surface area contributed by atoms with Crippen LogP contribution in [-0.4, -0.2) is 123 Å². The van der Waals surface area contributed by atoms with E-state index in [1.807, 2.05) is 0 Å². The van der Waals surface area contributed by atoms with Crippen molar-refractivity contribution in [3.63, 3.8) is 0 Å². The number of carbonyl (C=O) groups excluding carboxylic acids is 4. The number of unbranched alkanes of at least 4 members (excludes halogenated alkanes) is 2. The molecule has 2 heterocycles. The number of hydrogen-bond acceptors (Lipinski definition) is 10. The van der Waals surface area contributed by atoms with Gasteiger partial charge in [-0.15, -0.1) is 0 Å². The van der Waals surface area contributed by atoms with E-state index < -0.39 is 77.9 Å². The van der Waals surface area contributed by atoms with Gasteiger partial charge in [-0.1, -0.05) is 20.3 Å². The molecule has 2 saturated heterocycles. The summed E-state index contributed by atoms with van der Waals surface area (Å²) in [7, 11) is 0. The largest absolute Gasteiger partial charge is 0.480 e. The fourth-order valence-corrected chi connectivity index (χ4v) is 5.41. The van der Waals surface area contributed by atoms with Crippen molar-refractivity contribution >= 4 is 29.6 Å². The number of carboxylic acid groups (broad SMARTS) is 1. The van der Waals surface area contributed by atoms with E-state index in [4.69, 9.17) is 17.2 Å². The maximum absolute atomic E-state index is 13.7. The first-order chi connectivity index (χ1) is 19.8. The van der Waals surface area contributed by atoms with Crippen molar-refractivity contribution in [1.82, 2.24) is 20.4 Å². The molecule has 0 aromatic heterocycles. The van der Waals surface area contributed by atoms with E-state index in [-0.39, 0.29) is 32.4 Å². The van der Waals surface area contributed by atoms with Gasteiger partial charge in [0.05, 0.1) is 18.2 Å². The molecule has 0 aromatic rings. The SMILES string of the molecule is CC(C)[C@H](NC(=O)[C@@H]1C[C@@H](O)CN1C(=O)[C@H](CCCCN)NC(=O)[C@@H](N)CCCCN)C(=O)N1C[C@H](O)C[C@H]1C(=O)O. The summed E-state index contributed by atoms with van der Waals surface area (Å²) in [6.07, 6.45) is 0.909. The molecule has 0 unspecified atom stereocenters. The Morgan fingerprint density at radius 2 is 1.33 bits per heavy atom. The van der Waals surface area contributed by atoms with Crippen LogP contribution in [0.25, 0.3) is 0 Å². The number of rotatable bonds is 16. The minimum Gasteiger partial charge on any atom is -0.480 e. The highest BCUT2D eigenvalue weighted by molar-refractivity contribution is 5.96. The van der Waals surface area contributed by atoms with Crippen molar-refractivity contribution in [2.75, 3.05) is 26.2 Å². The minimum absolute atomic E-state index is 0.0845. The molecule has 0 spiro atoms. The molecule has 0 aliphatic carbocycles. The topological polar surface area (TPSA) is 255 Å². The molecule has 11 N–H and O–H groups in total. The number of carboxylic acids is 1. The third-order valence-electron chi connectivity index (χ3n) is 7.81. The maximum atomic E-state index is 13.7. The summed E-state index contributed by atoms with van der Waals surface area (Å²) in [5, 5.41) is 35.3. The molecule has 240 valence electrons. The molecule has 4 amide bonds. The van der Waals surface area contributed by atoms with Gasteiger partial charge in [0, 0.05) is 25.9 Å². The molecule has 0 aromatic carbocycles. The van der Waals surface area contributed by atoms with Crippen LogP contribution < -0.4 is 27.8 Å². The second-order valence-corrected chi connectivity index (χ2v) is 11.6. The Kier molecular flexibility index (Phi) is 14.1. The Balaban J connectivity index is 2.20. The normalized spacial score (nSPS) is 24.4. The van der Waals surface area contributed by atoms with Gasteiger partial charge in [0.15, 0.2) is 0 Å². The van der Waals surface area contributed by atoms with E-state index >= 15 is 0 Å². The van der Waals surface area contributed by atoms with Gasteiger partial charge in [-0.2, -0.15) is 0 Å². The second kappa shape index (κ2) is 16.7. The highest BCUT2D eigenvalue weighted by atomic mass is 16.4. The van der Waals surface area contributed by atoms with Gasteiger partial charge in [-0.25, -0.2) is 4.79 Å². The first-order valence-corrected chi connectivity index (χ1v) is 14.8. The van der Waals surface area contributed by atoms with Crippen LogP contribution in [0.5, 0.6) is 0 Å². The van der Waals surface area contributed by atoms with Crippen LogP contribution in [0.4, 0.5) is 0 Å². The number of β-amino-alcohol motifs (C(OH)–C–C–N with tert-alkyl or cyclic N) is 2. The van der Waals surface area contributed by atoms with E-state index in [2.05, 4.69) is 10.6 Å². The summed E-state index contributed by atoms with van der Waals surface area (Å²) in [6.45, 7) is 3.89. The predicted octanol–water partition coefficient (Wildman–Crippen LogP) is -2.79. The summed E-state index contributed by atoms with van der Waals surface area (Å²) in [5.41, 5.74) is 17.1. The smallest absolute Gasteiger partial charge is 0.326 e. The number of hydrogen-bond donors (Lipinski definition) is 8. The summed E-state index contributed by atoms with van der Waals surface area (Å²) in [6, 6.07) is -5.34. The van der Waals surface area contributed by atoms with Crippen LogP contribution >= 0.6 is 0 Å². The first-order valence-electron chi connectivity index (χ1n) is 14.8. The maximum Gasteiger partial charge on any atom is 0.326 e. The number of aliphatic carboxylic acids is 1. The van der Waals surface area contributed by atoms with Gasteiger partial charge in [-0.05, 0) is 51.1 Å². The predicted molar refractivity (Wildman–Crippen MR) is 152 cm³/mol. The van der Waals surface area contributed by atoms with Gasteiger partial charge in [0.2, 0.25) is 23.6 Å². The average molecular weight is 600 g/mol. The summed E-state index contributed by atoms with van der Waals surface area (Å²) < 4.78 is 0. The number of carbonyl (C=O) groups is 5. The van der Waals surface area contributed by atoms with Gasteiger partial charge >= 0.3 is 5.97 Å². The highest BCUT2D eigenvalue weighted by Crippen LogP contribution is 2.24. The van der Waals surface area contributed by atoms with E-state index in [0.29, 0.717) is 45.2 Å². The van der Waals surface area contributed by atoms with Crippen molar-refractivity contribution in [3.05, 3.63) is 0 Å². The van der Waals surface area contributed by atoms with E-state index in [0.717, 1.165) is 4.90 Å². The molecule has 2 fully saturated rings. The number of aliphatic hydroxyl groups is 2. The minimum atomic E-state index is -1.26. The summed E-state index contributed by atoms with van der Waals surface area (Å²) in [5.74, 6) is -4.13. The molecule has 0 bridgehead atoms. The third-order valence-corrected chi connectivity index (χ3v) is 7.81. The lowest BCUT2D eigenvalue weighted by Gasteiger charge is -2.32. The van der Waals surface area contributed by atoms with Crippen LogP contribution in [0, 0.1) is 5.92 Å². The lowest BCUT2D eigenvalue weighted by atomic mass is 10.0. The molecule has 2 rings (SSSR count). The quantitative estimate of drug-likeness (QED) is 0.0841. The van der Waals surface area contributed by atoms with Crippen molar-refractivity contribution in [3.8, 4) is 0 Å². The Hall–Kier alpha value is -2.85. The number of nitrogens with zero attached hydrogens (tertiary/aromatic N) is 2. The fraction of sp³-hybridized carbons (Fsp3) is 0.815. The molecule has 2 aliphatic rings. The number of nitrogens with one attached hydrogen (secondary N) is 2. The van der Waals surface area contributed by atoms with Gasteiger partial charge in [-0.3, -0.25) is 19.2 Å². The lowest BCUT2D eigenvalue weighted by Crippen LogP contribution is -2.59. The van der Waals surface area contributed by atoms with Crippen LogP contribution in [0.1, 0.15) is 65.2 Å². The second-order valence-electron chi connectivity index (χ2n) is 11.6. The Bertz CT molecular complexity index is 951. The van der Waals surface area contributed by atoms with Crippen molar-refractivity contribution in [2.24, 2.45) is 23.1 Å². The monoisotopic (exact) mass is 599 g/mol. The summed E-state index contributed by atoms with van der Waals surface area (Å²) in [4.78, 5) is 67.3. The van der Waals surface area contributed by atoms with E-state index in [1.165, 1.54) is 4.90 Å². The van der Waals surface area contributed by atoms with Crippen LogP contribution in [-0.2, 0) is 24.0 Å². The zero-order valence-electron chi connectivity index (χ0n) is 24.6. The summed E-state index contributed by atoms with van der Waals surface area (Å²) >= 11 is 0. The number of amides is 4. The van der Waals surface area contributed by atoms with E-state index in [1.54, 1.807) is 13.8 Å². The molecular formula is C27H49N7O8. The van der Waals surface area contributed by atoms with Gasteiger partial charge in [0.25, 0.3) is 0 Å². The van der Waals surface area contributed by atoms with Crippen LogP contribution in [0.2, 0.25) is 0 Å². The lowest BCUT2D eigenvalue weighted by molar-refractivity contribution is -0.150. The number of aliphatic hydroxyl groups excluding tert-OH is 2. The molecule has 7 atom stereocenters. The van der Waals surface area contributed by atoms with Crippen LogP contribution in [0.15, 0.2) is 0 Å². The molecule has 15 nitrogen and oxygen atoms in total. The Morgan fingerprint density at radius 1 is 0.810 bits per heavy atom. The highest BCUT2D eigenvalue weighted by Gasteiger charge is 2.45. The fourth-order valence-electron chi connectivity index (χ4n) is 5.41. The number of likely N-dealkylation sites (tertiary alicyclic amines) is 2. The molecule has 2 aliphatic heterocycles. The standard InChI is InChI=1S/C27H49N7O8/c1-15(2)22(26(40)34-14-17(36)12-21(34)27(41)42)32-24(38)20-11-16(35)13-33(20)25(39)19(8-4-6-10-29)31-23(37)18(30)7-3-5-9-28/h15-22,35-36H,3-14,28-30H2,1-2H3,(H,31,37)(H,32,38)(H,41,42)/t16-,17-,18+,19+,20+,21+,22+/m1/s1. The molecule has 0 saturated carbocycles.